The number of nitrogen functional groups attached to an aromatic ring is 1. The van der Waals surface area contributed by atoms with Crippen molar-refractivity contribution in [2.75, 3.05) is 5.73 Å². The fraction of sp³-hybridized carbons (Fsp3) is 0.0588. The highest BCUT2D eigenvalue weighted by Crippen LogP contribution is 2.20. The number of sulfonamides is 1. The molecule has 0 bridgehead atoms. The summed E-state index contributed by atoms with van der Waals surface area (Å²) in [6, 6.07) is 14.2. The van der Waals surface area contributed by atoms with Crippen LogP contribution >= 0.6 is 0 Å². The molecule has 0 atom stereocenters. The van der Waals surface area contributed by atoms with E-state index in [0.717, 1.165) is 11.1 Å². The molecule has 2 aromatic heterocycles. The van der Waals surface area contributed by atoms with Gasteiger partial charge in [-0.25, -0.2) is 13.6 Å². The quantitative estimate of drug-likeness (QED) is 0.707. The summed E-state index contributed by atoms with van der Waals surface area (Å²) in [5.74, 6) is 0. The van der Waals surface area contributed by atoms with Crippen molar-refractivity contribution in [3.63, 3.8) is 0 Å². The summed E-state index contributed by atoms with van der Waals surface area (Å²) in [6.07, 6.45) is 7.59. The van der Waals surface area contributed by atoms with Crippen LogP contribution in [0.3, 0.4) is 0 Å². The van der Waals surface area contributed by atoms with Crippen LogP contribution < -0.4 is 10.9 Å². The largest absolute Gasteiger partial charge is 0.398 e. The Balaban J connectivity index is 0.000000292. The summed E-state index contributed by atoms with van der Waals surface area (Å²) in [5.41, 5.74) is 7.79. The van der Waals surface area contributed by atoms with Crippen LogP contribution in [0.25, 0.3) is 0 Å². The topological polar surface area (TPSA) is 112 Å². The van der Waals surface area contributed by atoms with Crippen molar-refractivity contribution in [3.8, 4) is 0 Å². The van der Waals surface area contributed by atoms with Gasteiger partial charge in [0.2, 0.25) is 10.0 Å². The van der Waals surface area contributed by atoms with Gasteiger partial charge in [0.25, 0.3) is 0 Å². The number of hydrogen-bond acceptors (Lipinski definition) is 5. The van der Waals surface area contributed by atoms with Gasteiger partial charge in [0.1, 0.15) is 4.90 Å². The van der Waals surface area contributed by atoms with E-state index in [4.69, 9.17) is 10.9 Å². The van der Waals surface area contributed by atoms with E-state index in [1.165, 1.54) is 6.07 Å². The fourth-order valence-corrected chi connectivity index (χ4v) is 2.66. The molecule has 0 radical (unpaired) electrons. The zero-order chi connectivity index (χ0) is 17.4. The van der Waals surface area contributed by atoms with Crippen molar-refractivity contribution in [2.24, 2.45) is 5.14 Å². The van der Waals surface area contributed by atoms with E-state index in [9.17, 15) is 8.42 Å². The van der Waals surface area contributed by atoms with Gasteiger partial charge in [0, 0.05) is 24.8 Å². The van der Waals surface area contributed by atoms with Crippen LogP contribution in [-0.4, -0.2) is 18.4 Å². The van der Waals surface area contributed by atoms with E-state index in [0.29, 0.717) is 6.42 Å². The molecule has 3 aromatic rings. The maximum Gasteiger partial charge on any atom is 0.240 e. The van der Waals surface area contributed by atoms with E-state index < -0.39 is 10.0 Å². The molecule has 7 heteroatoms. The molecule has 6 nitrogen and oxygen atoms in total. The van der Waals surface area contributed by atoms with Gasteiger partial charge >= 0.3 is 0 Å². The lowest BCUT2D eigenvalue weighted by molar-refractivity contribution is 0.598. The first-order valence-electron chi connectivity index (χ1n) is 7.12. The zero-order valence-electron chi connectivity index (χ0n) is 12.9. The van der Waals surface area contributed by atoms with Crippen molar-refractivity contribution < 1.29 is 8.42 Å². The predicted molar refractivity (Wildman–Crippen MR) is 93.5 cm³/mol. The van der Waals surface area contributed by atoms with Crippen LogP contribution in [0.15, 0.2) is 78.2 Å². The standard InChI is InChI=1S/C12H13N3O2S.C5H5N/c13-11-7-9(3-4-12(11)18(14,16)17)6-10-2-1-5-15-8-10;1-2-4-6-5-3-1/h1-5,7-8H,6,13H2,(H2,14,16,17);1-5H. The molecular weight excluding hydrogens is 324 g/mol. The summed E-state index contributed by atoms with van der Waals surface area (Å²) in [4.78, 5) is 7.75. The lowest BCUT2D eigenvalue weighted by Crippen LogP contribution is -2.14. The second kappa shape index (κ2) is 8.19. The van der Waals surface area contributed by atoms with Crippen LogP contribution in [0.5, 0.6) is 0 Å². The maximum absolute atomic E-state index is 11.2. The number of aromatic nitrogens is 2. The molecule has 0 saturated heterocycles. The van der Waals surface area contributed by atoms with Gasteiger partial charge in [-0.05, 0) is 47.9 Å². The molecule has 2 heterocycles. The Kier molecular flexibility index (Phi) is 6.00. The molecule has 4 N–H and O–H groups in total. The number of nitrogens with zero attached hydrogens (tertiary/aromatic N) is 2. The van der Waals surface area contributed by atoms with Gasteiger partial charge in [-0.3, -0.25) is 9.97 Å². The van der Waals surface area contributed by atoms with Gasteiger partial charge < -0.3 is 5.73 Å². The first-order chi connectivity index (χ1) is 11.5. The lowest BCUT2D eigenvalue weighted by atomic mass is 10.1. The first kappa shape index (κ1) is 17.6. The highest BCUT2D eigenvalue weighted by atomic mass is 32.2. The van der Waals surface area contributed by atoms with E-state index in [1.807, 2.05) is 30.3 Å². The normalized spacial score (nSPS) is 10.5. The van der Waals surface area contributed by atoms with Crippen molar-refractivity contribution in [3.05, 3.63) is 84.4 Å². The van der Waals surface area contributed by atoms with Crippen molar-refractivity contribution in [1.29, 1.82) is 0 Å². The summed E-state index contributed by atoms with van der Waals surface area (Å²) >= 11 is 0. The van der Waals surface area contributed by atoms with Crippen molar-refractivity contribution >= 4 is 15.7 Å². The summed E-state index contributed by atoms with van der Waals surface area (Å²) < 4.78 is 22.4. The molecule has 0 fully saturated rings. The number of nitrogens with two attached hydrogens (primary N) is 2. The molecule has 0 saturated carbocycles. The van der Waals surface area contributed by atoms with Crippen LogP contribution in [-0.2, 0) is 16.4 Å². The van der Waals surface area contributed by atoms with E-state index in [1.54, 1.807) is 36.9 Å². The van der Waals surface area contributed by atoms with Gasteiger partial charge in [0.15, 0.2) is 0 Å². The minimum absolute atomic E-state index is 0.0440. The Morgan fingerprint density at radius 2 is 1.58 bits per heavy atom. The first-order valence-corrected chi connectivity index (χ1v) is 8.66. The van der Waals surface area contributed by atoms with E-state index >= 15 is 0 Å². The minimum Gasteiger partial charge on any atom is -0.398 e. The molecule has 0 aliphatic rings. The number of anilines is 1. The van der Waals surface area contributed by atoms with Gasteiger partial charge in [-0.1, -0.05) is 18.2 Å². The number of benzene rings is 1. The number of rotatable bonds is 3. The number of pyridine rings is 2. The molecular formula is C17H18N4O2S. The molecule has 0 amide bonds. The van der Waals surface area contributed by atoms with Gasteiger partial charge in [0.05, 0.1) is 5.69 Å². The molecule has 3 rings (SSSR count). The molecule has 24 heavy (non-hydrogen) atoms. The predicted octanol–water partition coefficient (Wildman–Crippen LogP) is 1.98. The highest BCUT2D eigenvalue weighted by molar-refractivity contribution is 7.89. The molecule has 1 aromatic carbocycles. The number of primary sulfonamides is 1. The lowest BCUT2D eigenvalue weighted by Gasteiger charge is -2.06. The second-order valence-corrected chi connectivity index (χ2v) is 6.51. The second-order valence-electron chi connectivity index (χ2n) is 4.98. The molecule has 0 aliphatic carbocycles. The molecule has 0 unspecified atom stereocenters. The fourth-order valence-electron chi connectivity index (χ4n) is 2.02. The maximum atomic E-state index is 11.2. The van der Waals surface area contributed by atoms with Crippen molar-refractivity contribution in [2.45, 2.75) is 11.3 Å². The Hall–Kier alpha value is -2.77. The van der Waals surface area contributed by atoms with E-state index in [2.05, 4.69) is 9.97 Å². The Morgan fingerprint density at radius 1 is 0.875 bits per heavy atom. The Labute approximate surface area is 141 Å². The minimum atomic E-state index is -3.76. The highest BCUT2D eigenvalue weighted by Gasteiger charge is 2.12. The van der Waals surface area contributed by atoms with Crippen LogP contribution in [0.2, 0.25) is 0 Å². The summed E-state index contributed by atoms with van der Waals surface area (Å²) in [5, 5.41) is 5.04. The molecule has 0 aliphatic heterocycles. The zero-order valence-corrected chi connectivity index (χ0v) is 13.7. The SMILES string of the molecule is Nc1cc(Cc2cccnc2)ccc1S(N)(=O)=O.c1ccncc1. The van der Waals surface area contributed by atoms with E-state index in [-0.39, 0.29) is 10.6 Å². The van der Waals surface area contributed by atoms with Crippen LogP contribution in [0.4, 0.5) is 5.69 Å². The monoisotopic (exact) mass is 342 g/mol. The molecule has 0 spiro atoms. The van der Waals surface area contributed by atoms with Crippen molar-refractivity contribution in [1.82, 2.24) is 9.97 Å². The third-order valence-corrected chi connectivity index (χ3v) is 4.06. The van der Waals surface area contributed by atoms with Gasteiger partial charge in [-0.2, -0.15) is 0 Å². The van der Waals surface area contributed by atoms with Gasteiger partial charge in [-0.15, -0.1) is 0 Å². The average molecular weight is 342 g/mol. The Bertz CT molecular complexity index is 843. The summed E-state index contributed by atoms with van der Waals surface area (Å²) in [7, 11) is -3.76. The Morgan fingerprint density at radius 3 is 2.04 bits per heavy atom. The van der Waals surface area contributed by atoms with Crippen LogP contribution in [0.1, 0.15) is 11.1 Å². The molecule has 124 valence electrons. The third-order valence-electron chi connectivity index (χ3n) is 3.08. The summed E-state index contributed by atoms with van der Waals surface area (Å²) in [6.45, 7) is 0. The average Bonchev–Trinajstić information content (AvgIpc) is 2.57. The van der Waals surface area contributed by atoms with Crippen LogP contribution in [0, 0.1) is 0 Å². The third kappa shape index (κ3) is 5.45. The smallest absolute Gasteiger partial charge is 0.240 e. The number of hydrogen-bond donors (Lipinski definition) is 2.